The molecule has 0 saturated heterocycles. The molecule has 0 aliphatic carbocycles. The highest BCUT2D eigenvalue weighted by Crippen LogP contribution is 2.41. The third kappa shape index (κ3) is 2.26. The molecule has 0 radical (unpaired) electrons. The first-order chi connectivity index (χ1) is 7.27. The molecule has 3 nitrogen and oxygen atoms in total. The van der Waals surface area contributed by atoms with Gasteiger partial charge in [-0.2, -0.15) is 13.2 Å². The van der Waals surface area contributed by atoms with Crippen molar-refractivity contribution < 1.29 is 27.8 Å². The van der Waals surface area contributed by atoms with Crippen LogP contribution in [0.5, 0.6) is 11.5 Å². The summed E-state index contributed by atoms with van der Waals surface area (Å²) in [4.78, 5) is 11.0. The second-order valence-electron chi connectivity index (χ2n) is 3.13. The van der Waals surface area contributed by atoms with Crippen molar-refractivity contribution >= 4 is 5.78 Å². The van der Waals surface area contributed by atoms with Crippen molar-refractivity contribution in [2.75, 3.05) is 7.11 Å². The van der Waals surface area contributed by atoms with Crippen LogP contribution in [0, 0.1) is 0 Å². The van der Waals surface area contributed by atoms with Crippen molar-refractivity contribution in [3.63, 3.8) is 0 Å². The average molecular weight is 234 g/mol. The molecule has 16 heavy (non-hydrogen) atoms. The number of phenols is 1. The molecule has 0 aromatic heterocycles. The molecule has 0 saturated carbocycles. The molecule has 0 aliphatic heterocycles. The van der Waals surface area contributed by atoms with E-state index in [9.17, 15) is 23.1 Å². The normalized spacial score (nSPS) is 11.3. The van der Waals surface area contributed by atoms with Gasteiger partial charge >= 0.3 is 6.18 Å². The first-order valence-corrected chi connectivity index (χ1v) is 4.26. The monoisotopic (exact) mass is 234 g/mol. The number of hydrogen-bond donors (Lipinski definition) is 1. The number of halogens is 3. The minimum Gasteiger partial charge on any atom is -0.504 e. The van der Waals surface area contributed by atoms with Gasteiger partial charge in [0.2, 0.25) is 0 Å². The molecule has 1 N–H and O–H groups in total. The predicted molar refractivity (Wildman–Crippen MR) is 49.7 cm³/mol. The van der Waals surface area contributed by atoms with Crippen LogP contribution in [-0.4, -0.2) is 18.0 Å². The lowest BCUT2D eigenvalue weighted by molar-refractivity contribution is -0.138. The predicted octanol–water partition coefficient (Wildman–Crippen LogP) is 2.62. The number of ether oxygens (including phenoxy) is 1. The number of rotatable bonds is 2. The Labute approximate surface area is 89.5 Å². The Kier molecular flexibility index (Phi) is 3.11. The van der Waals surface area contributed by atoms with Gasteiger partial charge in [-0.05, 0) is 19.1 Å². The number of aromatic hydroxyl groups is 1. The van der Waals surface area contributed by atoms with Gasteiger partial charge in [0.15, 0.2) is 17.3 Å². The van der Waals surface area contributed by atoms with Gasteiger partial charge in [0.1, 0.15) is 5.56 Å². The van der Waals surface area contributed by atoms with E-state index in [1.54, 1.807) is 0 Å². The van der Waals surface area contributed by atoms with E-state index >= 15 is 0 Å². The highest BCUT2D eigenvalue weighted by molar-refractivity contribution is 5.95. The van der Waals surface area contributed by atoms with Crippen LogP contribution >= 0.6 is 0 Å². The Hall–Kier alpha value is -1.72. The van der Waals surface area contributed by atoms with Gasteiger partial charge in [0.25, 0.3) is 0 Å². The summed E-state index contributed by atoms with van der Waals surface area (Å²) in [6.45, 7) is 1.13. The molecular weight excluding hydrogens is 225 g/mol. The summed E-state index contributed by atoms with van der Waals surface area (Å²) in [6, 6.07) is 1.66. The van der Waals surface area contributed by atoms with Crippen LogP contribution in [-0.2, 0) is 6.18 Å². The first kappa shape index (κ1) is 12.4. The molecule has 1 rings (SSSR count). The highest BCUT2D eigenvalue weighted by Gasteiger charge is 2.36. The van der Waals surface area contributed by atoms with Crippen molar-refractivity contribution in [1.82, 2.24) is 0 Å². The van der Waals surface area contributed by atoms with Crippen LogP contribution in [0.3, 0.4) is 0 Å². The van der Waals surface area contributed by atoms with Crippen LogP contribution in [0.15, 0.2) is 12.1 Å². The molecule has 0 fully saturated rings. The lowest BCUT2D eigenvalue weighted by Crippen LogP contribution is -2.08. The molecule has 0 bridgehead atoms. The second kappa shape index (κ2) is 4.03. The lowest BCUT2D eigenvalue weighted by Gasteiger charge is -2.13. The quantitative estimate of drug-likeness (QED) is 0.800. The van der Waals surface area contributed by atoms with Gasteiger partial charge in [0.05, 0.1) is 7.11 Å². The summed E-state index contributed by atoms with van der Waals surface area (Å²) >= 11 is 0. The standard InChI is InChI=1S/C10H9F3O3/c1-5(14)6-3-7(10(11,12)13)9(15)8(4-6)16-2/h3-4,15H,1-2H3. The largest absolute Gasteiger partial charge is 0.504 e. The van der Waals surface area contributed by atoms with E-state index in [-0.39, 0.29) is 11.3 Å². The van der Waals surface area contributed by atoms with E-state index in [1.165, 1.54) is 0 Å². The van der Waals surface area contributed by atoms with E-state index in [4.69, 9.17) is 0 Å². The molecule has 0 heterocycles. The van der Waals surface area contributed by atoms with Gasteiger partial charge in [-0.3, -0.25) is 4.79 Å². The van der Waals surface area contributed by atoms with Gasteiger partial charge in [-0.1, -0.05) is 0 Å². The number of hydrogen-bond acceptors (Lipinski definition) is 3. The number of methoxy groups -OCH3 is 1. The number of carbonyl (C=O) groups is 1. The first-order valence-electron chi connectivity index (χ1n) is 4.26. The Balaban J connectivity index is 3.48. The Bertz CT molecular complexity index is 424. The van der Waals surface area contributed by atoms with E-state index in [0.717, 1.165) is 20.1 Å². The van der Waals surface area contributed by atoms with Gasteiger partial charge in [-0.15, -0.1) is 0 Å². The summed E-state index contributed by atoms with van der Waals surface area (Å²) in [7, 11) is 1.11. The maximum Gasteiger partial charge on any atom is 0.420 e. The molecule has 6 heteroatoms. The van der Waals surface area contributed by atoms with Gasteiger partial charge in [-0.25, -0.2) is 0 Å². The molecule has 0 spiro atoms. The fourth-order valence-electron chi connectivity index (χ4n) is 1.18. The summed E-state index contributed by atoms with van der Waals surface area (Å²) < 4.78 is 42.0. The number of phenolic OH excluding ortho intramolecular Hbond substituents is 1. The van der Waals surface area contributed by atoms with E-state index < -0.39 is 23.3 Å². The van der Waals surface area contributed by atoms with Gasteiger partial charge in [0, 0.05) is 5.56 Å². The molecule has 0 atom stereocenters. The smallest absolute Gasteiger partial charge is 0.420 e. The molecule has 0 amide bonds. The second-order valence-corrected chi connectivity index (χ2v) is 3.13. The maximum absolute atomic E-state index is 12.5. The minimum absolute atomic E-state index is 0.165. The third-order valence-electron chi connectivity index (χ3n) is 2.01. The molecule has 1 aromatic carbocycles. The fourth-order valence-corrected chi connectivity index (χ4v) is 1.18. The van der Waals surface area contributed by atoms with Crippen molar-refractivity contribution in [1.29, 1.82) is 0 Å². The molecule has 0 aliphatic rings. The number of carbonyl (C=O) groups excluding carboxylic acids is 1. The number of benzene rings is 1. The van der Waals surface area contributed by atoms with Crippen LogP contribution in [0.2, 0.25) is 0 Å². The SMILES string of the molecule is COc1cc(C(C)=O)cc(C(F)(F)F)c1O. The number of alkyl halides is 3. The van der Waals surface area contributed by atoms with Crippen molar-refractivity contribution in [2.24, 2.45) is 0 Å². The zero-order valence-electron chi connectivity index (χ0n) is 8.55. The summed E-state index contributed by atoms with van der Waals surface area (Å²) in [5, 5.41) is 9.27. The topological polar surface area (TPSA) is 46.5 Å². The molecule has 88 valence electrons. The summed E-state index contributed by atoms with van der Waals surface area (Å²) in [6.07, 6.45) is -4.73. The zero-order chi connectivity index (χ0) is 12.5. The third-order valence-corrected chi connectivity index (χ3v) is 2.01. The number of ketones is 1. The van der Waals surface area contributed by atoms with Crippen molar-refractivity contribution in [2.45, 2.75) is 13.1 Å². The van der Waals surface area contributed by atoms with E-state index in [1.807, 2.05) is 0 Å². The Morgan fingerprint density at radius 1 is 1.38 bits per heavy atom. The Morgan fingerprint density at radius 3 is 2.31 bits per heavy atom. The van der Waals surface area contributed by atoms with Crippen molar-refractivity contribution in [3.8, 4) is 11.5 Å². The minimum atomic E-state index is -4.73. The summed E-state index contributed by atoms with van der Waals surface area (Å²) in [5.41, 5.74) is -1.45. The maximum atomic E-state index is 12.5. The Morgan fingerprint density at radius 2 is 1.94 bits per heavy atom. The summed E-state index contributed by atoms with van der Waals surface area (Å²) in [5.74, 6) is -1.93. The fraction of sp³-hybridized carbons (Fsp3) is 0.300. The molecular formula is C10H9F3O3. The van der Waals surface area contributed by atoms with Crippen LogP contribution in [0.25, 0.3) is 0 Å². The highest BCUT2D eigenvalue weighted by atomic mass is 19.4. The van der Waals surface area contributed by atoms with E-state index in [0.29, 0.717) is 6.07 Å². The van der Waals surface area contributed by atoms with E-state index in [2.05, 4.69) is 4.74 Å². The van der Waals surface area contributed by atoms with Crippen LogP contribution in [0.1, 0.15) is 22.8 Å². The average Bonchev–Trinajstić information content (AvgIpc) is 2.15. The van der Waals surface area contributed by atoms with Crippen LogP contribution in [0.4, 0.5) is 13.2 Å². The molecule has 1 aromatic rings. The lowest BCUT2D eigenvalue weighted by atomic mass is 10.1. The zero-order valence-corrected chi connectivity index (χ0v) is 8.55. The number of Topliss-reactive ketones (excluding diaryl/α,β-unsaturated/α-hetero) is 1. The van der Waals surface area contributed by atoms with Gasteiger partial charge < -0.3 is 9.84 Å². The van der Waals surface area contributed by atoms with Crippen molar-refractivity contribution in [3.05, 3.63) is 23.3 Å². The molecule has 0 unspecified atom stereocenters. The van der Waals surface area contributed by atoms with Crippen LogP contribution < -0.4 is 4.74 Å².